The molecule has 112 valence electrons. The number of rotatable bonds is 5. The number of carbonyl (C=O) groups is 1. The van der Waals surface area contributed by atoms with Gasteiger partial charge in [0.15, 0.2) is 0 Å². The Morgan fingerprint density at radius 2 is 1.91 bits per heavy atom. The molecule has 0 unspecified atom stereocenters. The zero-order valence-electron chi connectivity index (χ0n) is 12.5. The molecular formula is C18H18N2O2. The Kier molecular flexibility index (Phi) is 4.21. The standard InChI is InChI=1S/C18H18N2O2/c1-20(12-17-7-4-10-22-17)13-18(21)19-16-9-8-14-5-2-3-6-15(14)11-16/h2-11H,12-13H2,1H3,(H,19,21). The molecule has 22 heavy (non-hydrogen) atoms. The molecule has 2 aromatic carbocycles. The van der Waals surface area contributed by atoms with Crippen molar-refractivity contribution in [2.24, 2.45) is 0 Å². The highest BCUT2D eigenvalue weighted by atomic mass is 16.3. The van der Waals surface area contributed by atoms with Crippen molar-refractivity contribution in [3.63, 3.8) is 0 Å². The Morgan fingerprint density at radius 3 is 2.68 bits per heavy atom. The molecule has 0 bridgehead atoms. The van der Waals surface area contributed by atoms with Gasteiger partial charge in [0, 0.05) is 5.69 Å². The van der Waals surface area contributed by atoms with Crippen molar-refractivity contribution < 1.29 is 9.21 Å². The van der Waals surface area contributed by atoms with Crippen LogP contribution in [0.4, 0.5) is 5.69 Å². The maximum atomic E-state index is 12.1. The molecule has 0 radical (unpaired) electrons. The van der Waals surface area contributed by atoms with Crippen molar-refractivity contribution in [2.75, 3.05) is 18.9 Å². The summed E-state index contributed by atoms with van der Waals surface area (Å²) in [4.78, 5) is 14.0. The minimum absolute atomic E-state index is 0.0377. The zero-order valence-corrected chi connectivity index (χ0v) is 12.5. The summed E-state index contributed by atoms with van der Waals surface area (Å²) in [6.07, 6.45) is 1.64. The SMILES string of the molecule is CN(CC(=O)Nc1ccc2ccccc2c1)Cc1ccco1. The summed E-state index contributed by atoms with van der Waals surface area (Å²) in [5.74, 6) is 0.811. The fourth-order valence-electron chi connectivity index (χ4n) is 2.44. The summed E-state index contributed by atoms with van der Waals surface area (Å²) in [6, 6.07) is 17.8. The predicted octanol–water partition coefficient (Wildman–Crippen LogP) is 3.50. The van der Waals surface area contributed by atoms with Crippen LogP contribution < -0.4 is 5.32 Å². The number of furan rings is 1. The third-order valence-corrected chi connectivity index (χ3v) is 3.45. The number of anilines is 1. The van der Waals surface area contributed by atoms with Gasteiger partial charge in [0.25, 0.3) is 0 Å². The Balaban J connectivity index is 1.60. The fraction of sp³-hybridized carbons (Fsp3) is 0.167. The van der Waals surface area contributed by atoms with E-state index in [4.69, 9.17) is 4.42 Å². The first kappa shape index (κ1) is 14.4. The summed E-state index contributed by atoms with van der Waals surface area (Å²) in [5.41, 5.74) is 0.815. The van der Waals surface area contributed by atoms with E-state index >= 15 is 0 Å². The first-order chi connectivity index (χ1) is 10.7. The zero-order chi connectivity index (χ0) is 15.4. The van der Waals surface area contributed by atoms with E-state index in [1.807, 2.05) is 60.5 Å². The van der Waals surface area contributed by atoms with E-state index in [2.05, 4.69) is 11.4 Å². The lowest BCUT2D eigenvalue weighted by Crippen LogP contribution is -2.29. The van der Waals surface area contributed by atoms with Gasteiger partial charge in [0.05, 0.1) is 19.4 Å². The highest BCUT2D eigenvalue weighted by Crippen LogP contribution is 2.18. The van der Waals surface area contributed by atoms with Crippen LogP contribution >= 0.6 is 0 Å². The number of benzene rings is 2. The highest BCUT2D eigenvalue weighted by molar-refractivity contribution is 5.95. The molecule has 1 N–H and O–H groups in total. The maximum absolute atomic E-state index is 12.1. The second-order valence-corrected chi connectivity index (χ2v) is 5.36. The van der Waals surface area contributed by atoms with Crippen molar-refractivity contribution in [3.8, 4) is 0 Å². The average molecular weight is 294 g/mol. The van der Waals surface area contributed by atoms with E-state index in [1.165, 1.54) is 0 Å². The van der Waals surface area contributed by atoms with Gasteiger partial charge in [-0.25, -0.2) is 0 Å². The van der Waals surface area contributed by atoms with E-state index < -0.39 is 0 Å². The summed E-state index contributed by atoms with van der Waals surface area (Å²) < 4.78 is 5.28. The molecule has 0 saturated heterocycles. The van der Waals surface area contributed by atoms with Crippen LogP contribution in [0.2, 0.25) is 0 Å². The lowest BCUT2D eigenvalue weighted by molar-refractivity contribution is -0.117. The number of nitrogens with one attached hydrogen (secondary N) is 1. The van der Waals surface area contributed by atoms with Crippen molar-refractivity contribution in [2.45, 2.75) is 6.54 Å². The van der Waals surface area contributed by atoms with E-state index in [0.717, 1.165) is 22.2 Å². The van der Waals surface area contributed by atoms with Gasteiger partial charge in [-0.05, 0) is 42.1 Å². The van der Waals surface area contributed by atoms with Gasteiger partial charge in [-0.1, -0.05) is 30.3 Å². The molecule has 3 rings (SSSR count). The largest absolute Gasteiger partial charge is 0.468 e. The van der Waals surface area contributed by atoms with E-state index in [0.29, 0.717) is 13.1 Å². The second kappa shape index (κ2) is 6.45. The molecule has 0 atom stereocenters. The smallest absolute Gasteiger partial charge is 0.238 e. The quantitative estimate of drug-likeness (QED) is 0.783. The molecule has 0 fully saturated rings. The number of likely N-dealkylation sites (N-methyl/N-ethyl adjacent to an activating group) is 1. The van der Waals surface area contributed by atoms with Crippen LogP contribution in [0.1, 0.15) is 5.76 Å². The Bertz CT molecular complexity index is 766. The molecule has 4 nitrogen and oxygen atoms in total. The van der Waals surface area contributed by atoms with Crippen molar-refractivity contribution in [1.29, 1.82) is 0 Å². The van der Waals surface area contributed by atoms with Crippen LogP contribution in [-0.2, 0) is 11.3 Å². The molecule has 0 saturated carbocycles. The van der Waals surface area contributed by atoms with Gasteiger partial charge in [-0.15, -0.1) is 0 Å². The van der Waals surface area contributed by atoms with Gasteiger partial charge in [-0.3, -0.25) is 9.69 Å². The highest BCUT2D eigenvalue weighted by Gasteiger charge is 2.09. The van der Waals surface area contributed by atoms with Crippen LogP contribution in [-0.4, -0.2) is 24.4 Å². The third-order valence-electron chi connectivity index (χ3n) is 3.45. The molecule has 3 aromatic rings. The van der Waals surface area contributed by atoms with Crippen LogP contribution in [0.5, 0.6) is 0 Å². The monoisotopic (exact) mass is 294 g/mol. The van der Waals surface area contributed by atoms with Crippen molar-refractivity contribution >= 4 is 22.4 Å². The van der Waals surface area contributed by atoms with E-state index in [9.17, 15) is 4.79 Å². The summed E-state index contributed by atoms with van der Waals surface area (Å²) in [7, 11) is 1.89. The molecule has 1 heterocycles. The summed E-state index contributed by atoms with van der Waals surface area (Å²) in [5, 5.41) is 5.21. The van der Waals surface area contributed by atoms with E-state index in [1.54, 1.807) is 6.26 Å². The van der Waals surface area contributed by atoms with Gasteiger partial charge in [0.1, 0.15) is 5.76 Å². The normalized spacial score (nSPS) is 11.0. The molecule has 4 heteroatoms. The first-order valence-electron chi connectivity index (χ1n) is 7.20. The molecular weight excluding hydrogens is 276 g/mol. The third kappa shape index (κ3) is 3.54. The maximum Gasteiger partial charge on any atom is 0.238 e. The second-order valence-electron chi connectivity index (χ2n) is 5.36. The van der Waals surface area contributed by atoms with E-state index in [-0.39, 0.29) is 5.91 Å². The minimum Gasteiger partial charge on any atom is -0.468 e. The molecule has 0 aliphatic carbocycles. The van der Waals surface area contributed by atoms with Crippen LogP contribution in [0.25, 0.3) is 10.8 Å². The Morgan fingerprint density at radius 1 is 1.09 bits per heavy atom. The lowest BCUT2D eigenvalue weighted by Gasteiger charge is -2.15. The fourth-order valence-corrected chi connectivity index (χ4v) is 2.44. The number of amides is 1. The summed E-state index contributed by atoms with van der Waals surface area (Å²) in [6.45, 7) is 0.922. The van der Waals surface area contributed by atoms with Crippen LogP contribution in [0, 0.1) is 0 Å². The number of fused-ring (bicyclic) bond motifs is 1. The average Bonchev–Trinajstić information content (AvgIpc) is 2.99. The summed E-state index contributed by atoms with van der Waals surface area (Å²) >= 11 is 0. The molecule has 0 spiro atoms. The Labute approximate surface area is 129 Å². The minimum atomic E-state index is -0.0377. The molecule has 0 aliphatic rings. The van der Waals surface area contributed by atoms with Gasteiger partial charge in [-0.2, -0.15) is 0 Å². The van der Waals surface area contributed by atoms with Crippen molar-refractivity contribution in [3.05, 3.63) is 66.6 Å². The van der Waals surface area contributed by atoms with Crippen LogP contribution in [0.3, 0.4) is 0 Å². The Hall–Kier alpha value is -2.59. The van der Waals surface area contributed by atoms with Gasteiger partial charge < -0.3 is 9.73 Å². The van der Waals surface area contributed by atoms with Gasteiger partial charge in [0.2, 0.25) is 5.91 Å². The first-order valence-corrected chi connectivity index (χ1v) is 7.20. The molecule has 1 amide bonds. The van der Waals surface area contributed by atoms with Crippen molar-refractivity contribution in [1.82, 2.24) is 4.90 Å². The molecule has 0 aliphatic heterocycles. The molecule has 1 aromatic heterocycles. The number of hydrogen-bond acceptors (Lipinski definition) is 3. The number of nitrogens with zero attached hydrogens (tertiary/aromatic N) is 1. The topological polar surface area (TPSA) is 45.5 Å². The predicted molar refractivity (Wildman–Crippen MR) is 87.6 cm³/mol. The lowest BCUT2D eigenvalue weighted by atomic mass is 10.1. The number of hydrogen-bond donors (Lipinski definition) is 1. The van der Waals surface area contributed by atoms with Gasteiger partial charge >= 0.3 is 0 Å². The van der Waals surface area contributed by atoms with Crippen LogP contribution in [0.15, 0.2) is 65.3 Å². The number of carbonyl (C=O) groups excluding carboxylic acids is 1.